The number of thiazole rings is 1. The predicted molar refractivity (Wildman–Crippen MR) is 116 cm³/mol. The van der Waals surface area contributed by atoms with E-state index in [1.54, 1.807) is 36.7 Å². The van der Waals surface area contributed by atoms with E-state index in [1.165, 1.54) is 0 Å². The average Bonchev–Trinajstić information content (AvgIpc) is 3.36. The van der Waals surface area contributed by atoms with Gasteiger partial charge in [-0.25, -0.2) is 9.97 Å². The molecule has 0 aromatic carbocycles. The van der Waals surface area contributed by atoms with Crippen molar-refractivity contribution in [1.29, 1.82) is 0 Å². The van der Waals surface area contributed by atoms with Crippen LogP contribution in [-0.2, 0) is 0 Å². The molecule has 0 bridgehead atoms. The number of carbonyl (C=O) groups is 1. The molecule has 1 saturated heterocycles. The lowest BCUT2D eigenvalue weighted by molar-refractivity contribution is 0.0732. The van der Waals surface area contributed by atoms with Crippen LogP contribution in [0, 0.1) is 13.8 Å². The van der Waals surface area contributed by atoms with Gasteiger partial charge in [0, 0.05) is 42.1 Å². The van der Waals surface area contributed by atoms with Crippen LogP contribution in [0.4, 0.5) is 16.6 Å². The van der Waals surface area contributed by atoms with Crippen molar-refractivity contribution in [2.45, 2.75) is 32.7 Å². The molecule has 3 aromatic heterocycles. The van der Waals surface area contributed by atoms with Crippen molar-refractivity contribution in [2.75, 3.05) is 24.2 Å². The van der Waals surface area contributed by atoms with Crippen molar-refractivity contribution < 1.29 is 4.79 Å². The van der Waals surface area contributed by atoms with Gasteiger partial charge in [-0.1, -0.05) is 0 Å². The van der Waals surface area contributed by atoms with Crippen LogP contribution in [0.3, 0.4) is 0 Å². The van der Waals surface area contributed by atoms with Gasteiger partial charge in [0.2, 0.25) is 0 Å². The zero-order valence-corrected chi connectivity index (χ0v) is 17.6. The molecule has 150 valence electrons. The van der Waals surface area contributed by atoms with Crippen molar-refractivity contribution in [3.63, 3.8) is 0 Å². The monoisotopic (exact) mass is 408 g/mol. The summed E-state index contributed by atoms with van der Waals surface area (Å²) in [6.07, 6.45) is 3.53. The number of aryl methyl sites for hydroxylation is 2. The van der Waals surface area contributed by atoms with E-state index < -0.39 is 0 Å². The maximum atomic E-state index is 13.2. The third-order valence-electron chi connectivity index (χ3n) is 4.96. The van der Waals surface area contributed by atoms with Crippen LogP contribution < -0.4 is 10.6 Å². The van der Waals surface area contributed by atoms with Gasteiger partial charge in [-0.2, -0.15) is 0 Å². The lowest BCUT2D eigenvalue weighted by Gasteiger charge is -2.25. The van der Waals surface area contributed by atoms with Gasteiger partial charge in [-0.15, -0.1) is 11.3 Å². The number of pyridine rings is 2. The highest BCUT2D eigenvalue weighted by molar-refractivity contribution is 7.13. The number of nitrogens with one attached hydrogen (secondary N) is 2. The Morgan fingerprint density at radius 3 is 2.83 bits per heavy atom. The highest BCUT2D eigenvalue weighted by atomic mass is 32.1. The molecule has 1 atom stereocenters. The van der Waals surface area contributed by atoms with Crippen LogP contribution >= 0.6 is 11.3 Å². The molecular weight excluding hydrogens is 384 g/mol. The normalized spacial score (nSPS) is 16.1. The highest BCUT2D eigenvalue weighted by Gasteiger charge is 2.32. The first kappa shape index (κ1) is 19.3. The zero-order chi connectivity index (χ0) is 20.4. The SMILES string of the molecule is CNc1cc(C(=O)N2CCC[C@H]2c2cc(Nc3nc(C)cs3)cc(C)n2)ccn1. The van der Waals surface area contributed by atoms with Crippen molar-refractivity contribution >= 4 is 33.9 Å². The first-order chi connectivity index (χ1) is 14.0. The molecule has 4 rings (SSSR count). The Morgan fingerprint density at radius 1 is 1.21 bits per heavy atom. The first-order valence-electron chi connectivity index (χ1n) is 9.66. The van der Waals surface area contributed by atoms with Crippen molar-refractivity contribution in [1.82, 2.24) is 19.9 Å². The molecule has 1 aliphatic rings. The van der Waals surface area contributed by atoms with Gasteiger partial charge in [-0.05, 0) is 51.0 Å². The second kappa shape index (κ2) is 8.16. The molecule has 29 heavy (non-hydrogen) atoms. The molecule has 0 spiro atoms. The molecule has 0 aliphatic carbocycles. The summed E-state index contributed by atoms with van der Waals surface area (Å²) in [5, 5.41) is 9.23. The second-order valence-electron chi connectivity index (χ2n) is 7.18. The average molecular weight is 409 g/mol. The van der Waals surface area contributed by atoms with E-state index >= 15 is 0 Å². The number of rotatable bonds is 5. The Bertz CT molecular complexity index is 1030. The Balaban J connectivity index is 1.60. The molecule has 1 amide bonds. The highest BCUT2D eigenvalue weighted by Crippen LogP contribution is 2.34. The summed E-state index contributed by atoms with van der Waals surface area (Å²) in [5.41, 5.74) is 4.41. The minimum Gasteiger partial charge on any atom is -0.373 e. The first-order valence-corrected chi connectivity index (χ1v) is 10.5. The van der Waals surface area contributed by atoms with E-state index in [-0.39, 0.29) is 11.9 Å². The number of carbonyl (C=O) groups excluding carboxylic acids is 1. The van der Waals surface area contributed by atoms with Crippen molar-refractivity contribution in [3.8, 4) is 0 Å². The molecule has 4 heterocycles. The largest absolute Gasteiger partial charge is 0.373 e. The molecule has 7 nitrogen and oxygen atoms in total. The molecule has 1 fully saturated rings. The standard InChI is InChI=1S/C21H24N6OS/c1-13-9-16(26-21-25-14(2)12-29-21)11-17(24-13)18-5-4-8-27(18)20(28)15-6-7-23-19(10-15)22-3/h6-7,9-12,18H,4-5,8H2,1-3H3,(H,22,23)(H,24,25,26)/t18-/m0/s1. The fourth-order valence-electron chi connectivity index (χ4n) is 3.66. The molecule has 0 unspecified atom stereocenters. The van der Waals surface area contributed by atoms with Gasteiger partial charge >= 0.3 is 0 Å². The third-order valence-corrected chi connectivity index (χ3v) is 5.84. The molecule has 2 N–H and O–H groups in total. The van der Waals surface area contributed by atoms with Gasteiger partial charge in [0.15, 0.2) is 5.13 Å². The Morgan fingerprint density at radius 2 is 2.07 bits per heavy atom. The van der Waals surface area contributed by atoms with Crippen LogP contribution in [0.5, 0.6) is 0 Å². The van der Waals surface area contributed by atoms with Gasteiger partial charge in [0.25, 0.3) is 5.91 Å². The van der Waals surface area contributed by atoms with E-state index in [1.807, 2.05) is 36.3 Å². The van der Waals surface area contributed by atoms with E-state index in [9.17, 15) is 4.79 Å². The van der Waals surface area contributed by atoms with Gasteiger partial charge < -0.3 is 15.5 Å². The van der Waals surface area contributed by atoms with Crippen LogP contribution in [0.25, 0.3) is 0 Å². The van der Waals surface area contributed by atoms with Crippen LogP contribution in [0.1, 0.15) is 46.3 Å². The van der Waals surface area contributed by atoms with Crippen molar-refractivity contribution in [3.05, 3.63) is 58.5 Å². The topological polar surface area (TPSA) is 83.0 Å². The summed E-state index contributed by atoms with van der Waals surface area (Å²) < 4.78 is 0. The summed E-state index contributed by atoms with van der Waals surface area (Å²) in [7, 11) is 1.80. The quantitative estimate of drug-likeness (QED) is 0.654. The summed E-state index contributed by atoms with van der Waals surface area (Å²) in [5.74, 6) is 0.699. The molecule has 0 radical (unpaired) electrons. The molecule has 8 heteroatoms. The van der Waals surface area contributed by atoms with Crippen LogP contribution in [-0.4, -0.2) is 39.4 Å². The zero-order valence-electron chi connectivity index (χ0n) is 16.8. The van der Waals surface area contributed by atoms with Crippen LogP contribution in [0.2, 0.25) is 0 Å². The molecule has 0 saturated carbocycles. The number of hydrogen-bond donors (Lipinski definition) is 2. The Kier molecular flexibility index (Phi) is 5.44. The number of nitrogens with zero attached hydrogens (tertiary/aromatic N) is 4. The van der Waals surface area contributed by atoms with Gasteiger partial charge in [0.05, 0.1) is 17.4 Å². The maximum Gasteiger partial charge on any atom is 0.254 e. The predicted octanol–water partition coefficient (Wildman–Crippen LogP) is 4.31. The molecule has 1 aliphatic heterocycles. The minimum atomic E-state index is -0.0350. The lowest BCUT2D eigenvalue weighted by atomic mass is 10.1. The molecular formula is C21H24N6OS. The Hall–Kier alpha value is -3.00. The summed E-state index contributed by atoms with van der Waals surface area (Å²) in [4.78, 5) is 28.5. The summed E-state index contributed by atoms with van der Waals surface area (Å²) >= 11 is 1.58. The van der Waals surface area contributed by atoms with Crippen molar-refractivity contribution in [2.24, 2.45) is 0 Å². The summed E-state index contributed by atoms with van der Waals surface area (Å²) in [6.45, 7) is 4.68. The maximum absolute atomic E-state index is 13.2. The van der Waals surface area contributed by atoms with E-state index in [4.69, 9.17) is 4.98 Å². The Labute approximate surface area is 174 Å². The van der Waals surface area contributed by atoms with Gasteiger partial charge in [-0.3, -0.25) is 9.78 Å². The fourth-order valence-corrected chi connectivity index (χ4v) is 4.36. The molecule has 3 aromatic rings. The van der Waals surface area contributed by atoms with E-state index in [0.717, 1.165) is 47.3 Å². The number of anilines is 3. The summed E-state index contributed by atoms with van der Waals surface area (Å²) in [6, 6.07) is 7.56. The number of likely N-dealkylation sites (tertiary alicyclic amines) is 1. The number of aromatic nitrogens is 3. The number of hydrogen-bond acceptors (Lipinski definition) is 7. The smallest absolute Gasteiger partial charge is 0.254 e. The van der Waals surface area contributed by atoms with Gasteiger partial charge in [0.1, 0.15) is 5.82 Å². The third kappa shape index (κ3) is 4.22. The van der Waals surface area contributed by atoms with E-state index in [0.29, 0.717) is 11.4 Å². The van der Waals surface area contributed by atoms with E-state index in [2.05, 4.69) is 20.6 Å². The van der Waals surface area contributed by atoms with Crippen LogP contribution in [0.15, 0.2) is 35.8 Å². The minimum absolute atomic E-state index is 0.0137. The lowest BCUT2D eigenvalue weighted by Crippen LogP contribution is -2.31. The second-order valence-corrected chi connectivity index (χ2v) is 8.04. The number of amides is 1. The fraction of sp³-hybridized carbons (Fsp3) is 0.333.